The van der Waals surface area contributed by atoms with Crippen molar-refractivity contribution in [3.8, 4) is 0 Å². The molecule has 0 radical (unpaired) electrons. The van der Waals surface area contributed by atoms with E-state index >= 15 is 0 Å². The predicted molar refractivity (Wildman–Crippen MR) is 18.8 cm³/mol. The van der Waals surface area contributed by atoms with Crippen LogP contribution in [0.4, 0.5) is 0 Å². The average molecular weight is 77.1 g/mol. The van der Waals surface area contributed by atoms with Crippen molar-refractivity contribution < 1.29 is 10.2 Å². The molecule has 1 atom stereocenters. The van der Waals surface area contributed by atoms with Gasteiger partial charge in [-0.25, -0.2) is 0 Å². The normalized spacial score (nSPS) is 17.6. The predicted octanol–water partition coefficient (Wildman–Crippen LogP) is -0.641. The summed E-state index contributed by atoms with van der Waals surface area (Å²) in [6.07, 6.45) is -0.512. The summed E-state index contributed by atoms with van der Waals surface area (Å²) in [6.45, 7) is 1.66. The maximum absolute atomic E-state index is 8.31. The van der Waals surface area contributed by atoms with Crippen LogP contribution in [0.2, 0.25) is 0 Å². The van der Waals surface area contributed by atoms with Crippen LogP contribution in [0.5, 0.6) is 0 Å². The molecule has 0 aromatic heterocycles. The number of hydrogen-bond donors (Lipinski definition) is 2. The van der Waals surface area contributed by atoms with E-state index in [2.05, 4.69) is 5.11 Å². The van der Waals surface area contributed by atoms with Crippen molar-refractivity contribution in [3.05, 3.63) is 0 Å². The van der Waals surface area contributed by atoms with Gasteiger partial charge < -0.3 is 10.2 Å². The molecule has 1 unspecified atom stereocenters. The molecule has 0 spiro atoms. The molecule has 0 amide bonds. The van der Waals surface area contributed by atoms with Gasteiger partial charge in [0.15, 0.2) is 0 Å². The van der Waals surface area contributed by atoms with Crippen LogP contribution < -0.4 is 0 Å². The Kier molecular flexibility index (Phi) is 1.36. The summed E-state index contributed by atoms with van der Waals surface area (Å²) in [6, 6.07) is 0. The van der Waals surface area contributed by atoms with Gasteiger partial charge in [0.05, 0.1) is 12.7 Å². The van der Waals surface area contributed by atoms with E-state index in [0.29, 0.717) is 0 Å². The van der Waals surface area contributed by atoms with Crippen molar-refractivity contribution in [2.75, 3.05) is 6.61 Å². The number of hydrogen-bond acceptors (Lipinski definition) is 2. The lowest BCUT2D eigenvalue weighted by Crippen LogP contribution is -2.03. The van der Waals surface area contributed by atoms with Gasteiger partial charge in [-0.1, -0.05) is 0 Å². The van der Waals surface area contributed by atoms with Crippen LogP contribution in [0.15, 0.2) is 0 Å². The second kappa shape index (κ2) is 2.18. The summed E-state index contributed by atoms with van der Waals surface area (Å²) < 4.78 is 6.07. The highest BCUT2D eigenvalue weighted by Crippen LogP contribution is 1.68. The Bertz CT molecular complexity index is 30.0. The Hall–Kier alpha value is -0.0800. The van der Waals surface area contributed by atoms with Crippen LogP contribution in [-0.2, 0) is 0 Å². The zero-order chi connectivity index (χ0) is 4.99. The first-order chi connectivity index (χ1) is 2.77. The van der Waals surface area contributed by atoms with Gasteiger partial charge in [0.2, 0.25) is 1.43 Å². The lowest BCUT2D eigenvalue weighted by molar-refractivity contribution is 0.110. The maximum atomic E-state index is 8.31. The largest absolute Gasteiger partial charge is 0.394 e. The van der Waals surface area contributed by atoms with Gasteiger partial charge in [-0.3, -0.25) is 0 Å². The van der Waals surface area contributed by atoms with E-state index in [9.17, 15) is 0 Å². The smallest absolute Gasteiger partial charge is 0.210 e. The van der Waals surface area contributed by atoms with Gasteiger partial charge in [0, 0.05) is 0 Å². The minimum Gasteiger partial charge on any atom is -0.394 e. The molecular weight excluding hydrogens is 68.0 g/mol. The van der Waals surface area contributed by atoms with Crippen molar-refractivity contribution in [2.45, 2.75) is 13.0 Å². The van der Waals surface area contributed by atoms with Crippen molar-refractivity contribution in [2.24, 2.45) is 0 Å². The highest BCUT2D eigenvalue weighted by molar-refractivity contribution is 4.33. The van der Waals surface area contributed by atoms with E-state index in [1.54, 1.807) is 6.92 Å². The van der Waals surface area contributed by atoms with Crippen molar-refractivity contribution in [1.29, 1.82) is 1.43 Å². The van der Waals surface area contributed by atoms with Crippen LogP contribution in [0.1, 0.15) is 6.92 Å². The summed E-state index contributed by atoms with van der Waals surface area (Å²) in [4.78, 5) is 0. The van der Waals surface area contributed by atoms with E-state index in [4.69, 9.17) is 6.54 Å². The minimum atomic E-state index is -0.512. The van der Waals surface area contributed by atoms with Crippen molar-refractivity contribution >= 4 is 0 Å². The summed E-state index contributed by atoms with van der Waals surface area (Å²) in [5.74, 6) is 0. The Morgan fingerprint density at radius 3 is 2.80 bits per heavy atom. The molecule has 0 aliphatic rings. The monoisotopic (exact) mass is 77.1 g/mol. The highest BCUT2D eigenvalue weighted by atomic mass is 16.3. The molecule has 2 nitrogen and oxygen atoms in total. The molecule has 0 aromatic rings. The Labute approximate surface area is 32.5 Å². The van der Waals surface area contributed by atoms with Gasteiger partial charge in [-0.15, -0.1) is 0 Å². The third kappa shape index (κ3) is 3.92. The lowest BCUT2D eigenvalue weighted by atomic mass is 10.5. The number of aliphatic hydroxyl groups excluding tert-OH is 2. The topological polar surface area (TPSA) is 40.5 Å². The molecule has 0 aliphatic carbocycles. The maximum Gasteiger partial charge on any atom is 0.210 e. The summed E-state index contributed by atoms with van der Waals surface area (Å²) >= 11 is 0. The Morgan fingerprint density at radius 1 is 2.20 bits per heavy atom. The fourth-order valence-corrected chi connectivity index (χ4v) is 0. The summed E-state index contributed by atoms with van der Waals surface area (Å²) in [5, 5.41) is 12.1. The van der Waals surface area contributed by atoms with E-state index in [1.807, 2.05) is 0 Å². The molecular formula is C3H8O2. The fourth-order valence-electron chi connectivity index (χ4n) is 0. The molecule has 0 bridgehead atoms. The first-order valence-corrected chi connectivity index (χ1v) is 1.53. The third-order valence-corrected chi connectivity index (χ3v) is 0.241. The van der Waals surface area contributed by atoms with Gasteiger partial charge in [-0.05, 0) is 6.92 Å². The summed E-state index contributed by atoms with van der Waals surface area (Å²) in [5.41, 5.74) is 0. The average Bonchev–Trinajstić information content (AvgIpc) is 1.35. The van der Waals surface area contributed by atoms with E-state index in [1.165, 1.54) is 0 Å². The molecule has 0 rings (SSSR count). The minimum absolute atomic E-state index is 0.0972. The molecule has 0 aromatic carbocycles. The number of rotatable bonds is 2. The Balaban J connectivity index is 2.63. The van der Waals surface area contributed by atoms with Crippen LogP contribution >= 0.6 is 0 Å². The molecule has 0 saturated carbocycles. The molecule has 5 heavy (non-hydrogen) atoms. The quantitative estimate of drug-likeness (QED) is 0.460. The SMILES string of the molecule is [2H]OCC(C)O. The van der Waals surface area contributed by atoms with E-state index < -0.39 is 6.10 Å². The van der Waals surface area contributed by atoms with Gasteiger partial charge in [0.1, 0.15) is 0 Å². The van der Waals surface area contributed by atoms with Crippen LogP contribution in [0.3, 0.4) is 0 Å². The van der Waals surface area contributed by atoms with Gasteiger partial charge in [0.25, 0.3) is 0 Å². The molecule has 0 aliphatic heterocycles. The summed E-state index contributed by atoms with van der Waals surface area (Å²) in [7, 11) is 0. The van der Waals surface area contributed by atoms with Crippen molar-refractivity contribution in [3.63, 3.8) is 0 Å². The first kappa shape index (κ1) is 3.12. The Morgan fingerprint density at radius 2 is 2.80 bits per heavy atom. The van der Waals surface area contributed by atoms with Gasteiger partial charge in [-0.2, -0.15) is 0 Å². The molecule has 32 valence electrons. The van der Waals surface area contributed by atoms with Gasteiger partial charge >= 0.3 is 0 Å². The fraction of sp³-hybridized carbons (Fsp3) is 1.00. The third-order valence-electron chi connectivity index (χ3n) is 0.241. The number of aliphatic hydroxyl groups is 2. The van der Waals surface area contributed by atoms with Crippen LogP contribution in [0, 0.1) is 0 Å². The molecule has 0 saturated heterocycles. The molecule has 0 heterocycles. The van der Waals surface area contributed by atoms with E-state index in [-0.39, 0.29) is 6.61 Å². The standard InChI is InChI=1S/C3H8O2/c1-3(5)2-4/h3-5H,2H2,1H3/i4D. The zero-order valence-corrected chi connectivity index (χ0v) is 3.14. The molecule has 2 heteroatoms. The molecule has 0 fully saturated rings. The van der Waals surface area contributed by atoms with Crippen LogP contribution in [-0.4, -0.2) is 24.4 Å². The second-order valence-corrected chi connectivity index (χ2v) is 1.02. The second-order valence-electron chi connectivity index (χ2n) is 1.02. The zero-order valence-electron chi connectivity index (χ0n) is 4.14. The highest BCUT2D eigenvalue weighted by Gasteiger charge is 1.83. The van der Waals surface area contributed by atoms with Crippen LogP contribution in [0.25, 0.3) is 0 Å². The first-order valence-electron chi connectivity index (χ1n) is 1.94. The lowest BCUT2D eigenvalue weighted by Gasteiger charge is -1.90. The molecule has 2 N–H and O–H groups in total. The van der Waals surface area contributed by atoms with E-state index in [0.717, 1.165) is 0 Å². The van der Waals surface area contributed by atoms with Crippen molar-refractivity contribution in [1.82, 2.24) is 0 Å².